The molecule has 0 saturated carbocycles. The molecule has 0 spiro atoms. The van der Waals surface area contributed by atoms with Gasteiger partial charge in [-0.3, -0.25) is 4.79 Å². The molecular weight excluding hydrogens is 314 g/mol. The molecular formula is C18H18ClNO3. The van der Waals surface area contributed by atoms with Gasteiger partial charge in [0, 0.05) is 17.6 Å². The Morgan fingerprint density at radius 2 is 1.87 bits per heavy atom. The number of halogens is 1. The Balaban J connectivity index is 2.03. The van der Waals surface area contributed by atoms with Crippen molar-refractivity contribution in [3.63, 3.8) is 0 Å². The van der Waals surface area contributed by atoms with Crippen LogP contribution in [0.4, 0.5) is 0 Å². The molecule has 0 bridgehead atoms. The molecule has 0 aliphatic rings. The zero-order valence-electron chi connectivity index (χ0n) is 12.8. The quantitative estimate of drug-likeness (QED) is 0.703. The maximum atomic E-state index is 12.7. The van der Waals surface area contributed by atoms with Crippen LogP contribution >= 0.6 is 11.6 Å². The summed E-state index contributed by atoms with van der Waals surface area (Å²) in [6, 6.07) is 10.7. The van der Waals surface area contributed by atoms with E-state index in [1.54, 1.807) is 18.2 Å². The van der Waals surface area contributed by atoms with E-state index in [9.17, 15) is 9.90 Å². The number of nitrogens with one attached hydrogen (secondary N) is 1. The van der Waals surface area contributed by atoms with Crippen molar-refractivity contribution in [3.8, 4) is 0 Å². The van der Waals surface area contributed by atoms with E-state index < -0.39 is 0 Å². The fraction of sp³-hybridized carbons (Fsp3) is 0.278. The minimum absolute atomic E-state index is 0.0533. The Hall–Kier alpha value is -1.88. The molecule has 1 aromatic heterocycles. The van der Waals surface area contributed by atoms with Crippen LogP contribution in [0.3, 0.4) is 0 Å². The van der Waals surface area contributed by atoms with Gasteiger partial charge in [0.05, 0.1) is 17.4 Å². The van der Waals surface area contributed by atoms with Gasteiger partial charge in [-0.2, -0.15) is 0 Å². The molecule has 0 saturated heterocycles. The van der Waals surface area contributed by atoms with Gasteiger partial charge in [-0.05, 0) is 42.3 Å². The molecule has 0 unspecified atom stereocenters. The number of aliphatic hydroxyl groups is 1. The first-order valence-electron chi connectivity index (χ1n) is 7.61. The van der Waals surface area contributed by atoms with E-state index in [-0.39, 0.29) is 18.1 Å². The van der Waals surface area contributed by atoms with E-state index in [2.05, 4.69) is 5.32 Å². The molecule has 0 aliphatic carbocycles. The van der Waals surface area contributed by atoms with Crippen LogP contribution in [0.5, 0.6) is 0 Å². The minimum Gasteiger partial charge on any atom is -0.456 e. The normalized spacial score (nSPS) is 12.8. The van der Waals surface area contributed by atoms with Crippen LogP contribution in [0.25, 0.3) is 21.9 Å². The van der Waals surface area contributed by atoms with Gasteiger partial charge in [0.15, 0.2) is 0 Å². The van der Waals surface area contributed by atoms with Gasteiger partial charge in [-0.1, -0.05) is 24.6 Å². The summed E-state index contributed by atoms with van der Waals surface area (Å²) in [6.45, 7) is 2.69. The zero-order valence-corrected chi connectivity index (χ0v) is 13.6. The van der Waals surface area contributed by atoms with Crippen LogP contribution < -0.4 is 10.7 Å². The number of hydrogen-bond donors (Lipinski definition) is 2. The van der Waals surface area contributed by atoms with E-state index in [0.717, 1.165) is 12.0 Å². The summed E-state index contributed by atoms with van der Waals surface area (Å²) in [5, 5.41) is 14.0. The van der Waals surface area contributed by atoms with Crippen LogP contribution in [-0.2, 0) is 6.54 Å². The topological polar surface area (TPSA) is 62.5 Å². The van der Waals surface area contributed by atoms with Crippen molar-refractivity contribution in [1.82, 2.24) is 5.32 Å². The number of rotatable bonds is 5. The first-order valence-corrected chi connectivity index (χ1v) is 7.99. The summed E-state index contributed by atoms with van der Waals surface area (Å²) >= 11 is 5.98. The molecule has 1 atom stereocenters. The van der Waals surface area contributed by atoms with Crippen LogP contribution in [0.15, 0.2) is 45.6 Å². The SMILES string of the molecule is CC[C@@H](CO)NCc1ccc2oc3ccc(Cl)cc3c(=O)c2c1. The number of hydrogen-bond acceptors (Lipinski definition) is 4. The van der Waals surface area contributed by atoms with Gasteiger partial charge in [0.25, 0.3) is 0 Å². The third-order valence-electron chi connectivity index (χ3n) is 4.00. The average molecular weight is 332 g/mol. The van der Waals surface area contributed by atoms with Crippen LogP contribution in [0.2, 0.25) is 5.02 Å². The standard InChI is InChI=1S/C18H18ClNO3/c1-2-13(10-21)20-9-11-3-5-16-14(7-11)18(22)15-8-12(19)4-6-17(15)23-16/h3-8,13,20-21H,2,9-10H2,1H3/t13-/m0/s1. The van der Waals surface area contributed by atoms with E-state index >= 15 is 0 Å². The average Bonchev–Trinajstić information content (AvgIpc) is 2.57. The van der Waals surface area contributed by atoms with Crippen molar-refractivity contribution < 1.29 is 9.52 Å². The van der Waals surface area contributed by atoms with Gasteiger partial charge in [0.2, 0.25) is 5.43 Å². The third kappa shape index (κ3) is 3.24. The zero-order chi connectivity index (χ0) is 16.4. The summed E-state index contributed by atoms with van der Waals surface area (Å²) in [6.07, 6.45) is 0.843. The molecule has 2 N–H and O–H groups in total. The van der Waals surface area contributed by atoms with E-state index in [1.807, 2.05) is 25.1 Å². The monoisotopic (exact) mass is 331 g/mol. The molecule has 3 aromatic rings. The maximum absolute atomic E-state index is 12.7. The Labute approximate surface area is 138 Å². The Bertz CT molecular complexity index is 900. The molecule has 23 heavy (non-hydrogen) atoms. The molecule has 2 aromatic carbocycles. The van der Waals surface area contributed by atoms with Crippen LogP contribution in [-0.4, -0.2) is 17.8 Å². The molecule has 0 amide bonds. The molecule has 0 fully saturated rings. The van der Waals surface area contributed by atoms with Crippen molar-refractivity contribution >= 4 is 33.5 Å². The molecule has 0 radical (unpaired) electrons. The predicted octanol–water partition coefficient (Wildman–Crippen LogP) is 3.46. The second-order valence-corrected chi connectivity index (χ2v) is 6.01. The summed E-state index contributed by atoms with van der Waals surface area (Å²) in [5.41, 5.74) is 1.98. The van der Waals surface area contributed by atoms with Crippen molar-refractivity contribution in [2.45, 2.75) is 25.9 Å². The van der Waals surface area contributed by atoms with Crippen molar-refractivity contribution in [2.75, 3.05) is 6.61 Å². The fourth-order valence-electron chi connectivity index (χ4n) is 2.59. The van der Waals surface area contributed by atoms with Gasteiger partial charge < -0.3 is 14.8 Å². The first kappa shape index (κ1) is 16.0. The lowest BCUT2D eigenvalue weighted by atomic mass is 10.1. The Morgan fingerprint density at radius 3 is 2.57 bits per heavy atom. The van der Waals surface area contributed by atoms with Gasteiger partial charge >= 0.3 is 0 Å². The molecule has 120 valence electrons. The minimum atomic E-state index is -0.0835. The molecule has 3 rings (SSSR count). The number of benzene rings is 2. The molecule has 1 heterocycles. The van der Waals surface area contributed by atoms with Crippen molar-refractivity contribution in [2.24, 2.45) is 0 Å². The summed E-state index contributed by atoms with van der Waals surface area (Å²) in [4.78, 5) is 12.7. The molecule has 5 heteroatoms. The van der Waals surface area contributed by atoms with Gasteiger partial charge in [-0.25, -0.2) is 0 Å². The fourth-order valence-corrected chi connectivity index (χ4v) is 2.76. The first-order chi connectivity index (χ1) is 11.1. The predicted molar refractivity (Wildman–Crippen MR) is 93.0 cm³/mol. The second-order valence-electron chi connectivity index (χ2n) is 5.57. The van der Waals surface area contributed by atoms with Crippen LogP contribution in [0.1, 0.15) is 18.9 Å². The van der Waals surface area contributed by atoms with Gasteiger partial charge in [0.1, 0.15) is 11.2 Å². The lowest BCUT2D eigenvalue weighted by molar-refractivity contribution is 0.238. The third-order valence-corrected chi connectivity index (χ3v) is 4.24. The highest BCUT2D eigenvalue weighted by Gasteiger charge is 2.10. The number of aliphatic hydroxyl groups excluding tert-OH is 1. The molecule has 0 aliphatic heterocycles. The van der Waals surface area contributed by atoms with Crippen molar-refractivity contribution in [3.05, 3.63) is 57.2 Å². The summed E-state index contributed by atoms with van der Waals surface area (Å²) in [5.74, 6) is 0. The van der Waals surface area contributed by atoms with Crippen molar-refractivity contribution in [1.29, 1.82) is 0 Å². The van der Waals surface area contributed by atoms with E-state index in [0.29, 0.717) is 33.5 Å². The highest BCUT2D eigenvalue weighted by Crippen LogP contribution is 2.22. The van der Waals surface area contributed by atoms with Crippen LogP contribution in [0, 0.1) is 0 Å². The highest BCUT2D eigenvalue weighted by atomic mass is 35.5. The van der Waals surface area contributed by atoms with E-state index in [4.69, 9.17) is 16.0 Å². The Kier molecular flexibility index (Phi) is 4.66. The lowest BCUT2D eigenvalue weighted by Crippen LogP contribution is -2.31. The summed E-state index contributed by atoms with van der Waals surface area (Å²) in [7, 11) is 0. The lowest BCUT2D eigenvalue weighted by Gasteiger charge is -2.14. The highest BCUT2D eigenvalue weighted by molar-refractivity contribution is 6.31. The summed E-state index contributed by atoms with van der Waals surface area (Å²) < 4.78 is 5.79. The second kappa shape index (κ2) is 6.71. The largest absolute Gasteiger partial charge is 0.456 e. The molecule has 4 nitrogen and oxygen atoms in total. The van der Waals surface area contributed by atoms with E-state index in [1.165, 1.54) is 0 Å². The van der Waals surface area contributed by atoms with Gasteiger partial charge in [-0.15, -0.1) is 0 Å². The maximum Gasteiger partial charge on any atom is 0.200 e. The number of fused-ring (bicyclic) bond motifs is 2. The smallest absolute Gasteiger partial charge is 0.200 e. The Morgan fingerprint density at radius 1 is 1.17 bits per heavy atom.